The molecule has 0 bridgehead atoms. The Labute approximate surface area is 242 Å². The van der Waals surface area contributed by atoms with Crippen LogP contribution in [0.3, 0.4) is 0 Å². The Hall–Kier alpha value is -4.48. The number of hydrogen-bond acceptors (Lipinski definition) is 5. The van der Waals surface area contributed by atoms with Crippen LogP contribution in [0.2, 0.25) is 0 Å². The van der Waals surface area contributed by atoms with Crippen LogP contribution >= 0.6 is 0 Å². The first-order chi connectivity index (χ1) is 20.4. The lowest BCUT2D eigenvalue weighted by Gasteiger charge is -2.31. The van der Waals surface area contributed by atoms with E-state index < -0.39 is 36.4 Å². The van der Waals surface area contributed by atoms with E-state index in [4.69, 9.17) is 10.2 Å². The monoisotopic (exact) mass is 598 g/mol. The van der Waals surface area contributed by atoms with Gasteiger partial charge in [-0.25, -0.2) is 13.8 Å². The topological polar surface area (TPSA) is 101 Å². The summed E-state index contributed by atoms with van der Waals surface area (Å²) in [6, 6.07) is 13.5. The number of piperidine rings is 1. The number of rotatable bonds is 6. The summed E-state index contributed by atoms with van der Waals surface area (Å²) in [6.45, 7) is -0.212. The van der Waals surface area contributed by atoms with E-state index in [2.05, 4.69) is 10.3 Å². The molecule has 2 amide bonds. The molecule has 3 heterocycles. The molecule has 6 rings (SSSR count). The van der Waals surface area contributed by atoms with Gasteiger partial charge in [0.05, 0.1) is 12.1 Å². The van der Waals surface area contributed by atoms with Gasteiger partial charge >= 0.3 is 6.18 Å². The number of fused-ring (bicyclic) bond motifs is 1. The number of carbonyl (C=O) groups is 2. The number of carbonyl (C=O) groups excluding carboxylic acids is 2. The van der Waals surface area contributed by atoms with Crippen molar-refractivity contribution in [2.75, 3.05) is 18.8 Å². The number of benzene rings is 2. The second kappa shape index (κ2) is 10.7. The molecule has 4 aromatic rings. The zero-order valence-electron chi connectivity index (χ0n) is 22.8. The first-order valence-electron chi connectivity index (χ1n) is 13.8. The Morgan fingerprint density at radius 2 is 1.74 bits per heavy atom. The number of nitrogens with zero attached hydrogens (tertiary/aromatic N) is 2. The van der Waals surface area contributed by atoms with Crippen molar-refractivity contribution in [1.82, 2.24) is 15.2 Å². The molecule has 0 radical (unpaired) electrons. The van der Waals surface area contributed by atoms with Gasteiger partial charge < -0.3 is 20.4 Å². The van der Waals surface area contributed by atoms with Gasteiger partial charge in [0.2, 0.25) is 5.91 Å². The van der Waals surface area contributed by atoms with Gasteiger partial charge in [-0.3, -0.25) is 9.59 Å². The molecule has 2 fully saturated rings. The number of nitrogen functional groups attached to an aromatic ring is 1. The molecule has 7 nitrogen and oxygen atoms in total. The lowest BCUT2D eigenvalue weighted by Crippen LogP contribution is -2.42. The Bertz CT molecular complexity index is 1670. The summed E-state index contributed by atoms with van der Waals surface area (Å²) in [5.41, 5.74) is 6.15. The highest BCUT2D eigenvalue weighted by molar-refractivity contribution is 5.95. The van der Waals surface area contributed by atoms with Crippen molar-refractivity contribution < 1.29 is 36.0 Å². The number of nitrogens with one attached hydrogen (secondary N) is 1. The SMILES string of the molecule is Nc1ccc([C@@H]2C[C@H]2C(=O)NCc2cc3cc(-c4ccc(C(=O)N5CCC(F)(F)CC5)cc4)cc(C(F)(F)F)c3o2)cn1. The largest absolute Gasteiger partial charge is 0.459 e. The average Bonchev–Trinajstić information content (AvgIpc) is 3.66. The predicted molar refractivity (Wildman–Crippen MR) is 148 cm³/mol. The highest BCUT2D eigenvalue weighted by Gasteiger charge is 2.44. The average molecular weight is 599 g/mol. The van der Waals surface area contributed by atoms with Crippen LogP contribution in [0.25, 0.3) is 22.1 Å². The number of amides is 2. The van der Waals surface area contributed by atoms with E-state index in [0.717, 1.165) is 11.6 Å². The molecule has 2 atom stereocenters. The van der Waals surface area contributed by atoms with Crippen molar-refractivity contribution in [3.8, 4) is 11.1 Å². The van der Waals surface area contributed by atoms with Gasteiger partial charge in [-0.2, -0.15) is 13.2 Å². The molecule has 3 N–H and O–H groups in total. The van der Waals surface area contributed by atoms with Crippen molar-refractivity contribution in [1.29, 1.82) is 0 Å². The van der Waals surface area contributed by atoms with Crippen LogP contribution in [0.5, 0.6) is 0 Å². The Kier molecular flexibility index (Phi) is 7.10. The number of alkyl halides is 5. The summed E-state index contributed by atoms with van der Waals surface area (Å²) < 4.78 is 74.7. The second-order valence-electron chi connectivity index (χ2n) is 11.1. The molecule has 1 saturated carbocycles. The number of furan rings is 1. The van der Waals surface area contributed by atoms with Crippen molar-refractivity contribution in [2.45, 2.75) is 43.8 Å². The van der Waals surface area contributed by atoms with Crippen LogP contribution in [0.15, 0.2) is 65.2 Å². The highest BCUT2D eigenvalue weighted by atomic mass is 19.4. The summed E-state index contributed by atoms with van der Waals surface area (Å²) in [6.07, 6.45) is -3.26. The Morgan fingerprint density at radius 1 is 1.02 bits per heavy atom. The third kappa shape index (κ3) is 6.04. The fraction of sp³-hybridized carbons (Fsp3) is 0.323. The quantitative estimate of drug-likeness (QED) is 0.251. The van der Waals surface area contributed by atoms with Gasteiger partial charge in [-0.15, -0.1) is 0 Å². The number of likely N-dealkylation sites (tertiary alicyclic amines) is 1. The van der Waals surface area contributed by atoms with Crippen LogP contribution < -0.4 is 11.1 Å². The first kappa shape index (κ1) is 28.6. The molecule has 2 aliphatic rings. The fourth-order valence-electron chi connectivity index (χ4n) is 5.49. The number of aromatic nitrogens is 1. The smallest absolute Gasteiger partial charge is 0.420 e. The van der Waals surface area contributed by atoms with E-state index in [0.29, 0.717) is 17.8 Å². The molecule has 12 heteroatoms. The van der Waals surface area contributed by atoms with Gasteiger partial charge in [0.25, 0.3) is 11.8 Å². The van der Waals surface area contributed by atoms with Crippen molar-refractivity contribution in [3.63, 3.8) is 0 Å². The van der Waals surface area contributed by atoms with Crippen molar-refractivity contribution in [2.24, 2.45) is 5.92 Å². The normalized spacial score (nSPS) is 19.8. The molecule has 0 unspecified atom stereocenters. The van der Waals surface area contributed by atoms with Crippen molar-refractivity contribution >= 4 is 28.6 Å². The lowest BCUT2D eigenvalue weighted by atomic mass is 9.98. The zero-order chi connectivity index (χ0) is 30.5. The number of hydrogen-bond donors (Lipinski definition) is 2. The number of pyridine rings is 1. The minimum Gasteiger partial charge on any atom is -0.459 e. The molecule has 2 aromatic carbocycles. The molecule has 43 heavy (non-hydrogen) atoms. The maximum atomic E-state index is 14.1. The van der Waals surface area contributed by atoms with Crippen LogP contribution in [-0.2, 0) is 17.5 Å². The Balaban J connectivity index is 1.17. The molecule has 1 aliphatic heterocycles. The maximum absolute atomic E-state index is 14.1. The van der Waals surface area contributed by atoms with Gasteiger partial charge in [0, 0.05) is 49.0 Å². The molecule has 1 saturated heterocycles. The van der Waals surface area contributed by atoms with Crippen molar-refractivity contribution in [3.05, 3.63) is 83.2 Å². The molecular formula is C31H27F5N4O3. The Morgan fingerprint density at radius 3 is 2.40 bits per heavy atom. The van der Waals surface area contributed by atoms with Crippen LogP contribution in [-0.4, -0.2) is 40.7 Å². The van der Waals surface area contributed by atoms with Gasteiger partial charge in [0.1, 0.15) is 17.2 Å². The molecule has 1 aliphatic carbocycles. The van der Waals surface area contributed by atoms with E-state index in [-0.39, 0.29) is 65.2 Å². The maximum Gasteiger partial charge on any atom is 0.420 e. The van der Waals surface area contributed by atoms with Crippen LogP contribution in [0, 0.1) is 5.92 Å². The summed E-state index contributed by atoms with van der Waals surface area (Å²) >= 11 is 0. The number of halogens is 5. The molecule has 224 valence electrons. The van der Waals surface area contributed by atoms with Gasteiger partial charge in [-0.05, 0) is 65.4 Å². The van der Waals surface area contributed by atoms with E-state index in [9.17, 15) is 31.5 Å². The first-order valence-corrected chi connectivity index (χ1v) is 13.8. The third-order valence-corrected chi connectivity index (χ3v) is 8.02. The number of nitrogens with two attached hydrogens (primary N) is 1. The van der Waals surface area contributed by atoms with Crippen LogP contribution in [0.4, 0.5) is 27.8 Å². The standard InChI is InChI=1S/C31H27F5N4O3/c32-30(33)7-9-40(10-8-30)29(42)18-3-1-17(2-4-18)20-11-21-12-22(43-27(21)25(13-20)31(34,35)36)16-39-28(41)24-14-23(24)19-5-6-26(37)38-15-19/h1-6,11-13,15,23-24H,7-10,14,16H2,(H2,37,38)(H,39,41)/t23-,24+/m0/s1. The summed E-state index contributed by atoms with van der Waals surface area (Å²) in [5.74, 6) is -3.12. The van der Waals surface area contributed by atoms with E-state index in [1.54, 1.807) is 18.3 Å². The highest BCUT2D eigenvalue weighted by Crippen LogP contribution is 2.47. The van der Waals surface area contributed by atoms with E-state index >= 15 is 0 Å². The van der Waals surface area contributed by atoms with E-state index in [1.165, 1.54) is 35.2 Å². The fourth-order valence-corrected chi connectivity index (χ4v) is 5.49. The minimum atomic E-state index is -4.72. The summed E-state index contributed by atoms with van der Waals surface area (Å²) in [7, 11) is 0. The second-order valence-corrected chi connectivity index (χ2v) is 11.1. The molecular weight excluding hydrogens is 571 g/mol. The molecule has 2 aromatic heterocycles. The predicted octanol–water partition coefficient (Wildman–Crippen LogP) is 6.39. The van der Waals surface area contributed by atoms with E-state index in [1.807, 2.05) is 6.07 Å². The van der Waals surface area contributed by atoms with Crippen LogP contribution in [0.1, 0.15) is 52.4 Å². The summed E-state index contributed by atoms with van der Waals surface area (Å²) in [4.78, 5) is 30.8. The summed E-state index contributed by atoms with van der Waals surface area (Å²) in [5, 5.41) is 2.96. The van der Waals surface area contributed by atoms with Gasteiger partial charge in [0.15, 0.2) is 0 Å². The number of anilines is 1. The molecule has 0 spiro atoms. The lowest BCUT2D eigenvalue weighted by molar-refractivity contribution is -0.136. The third-order valence-electron chi connectivity index (χ3n) is 8.02. The van der Waals surface area contributed by atoms with Gasteiger partial charge in [-0.1, -0.05) is 18.2 Å². The minimum absolute atomic E-state index is 0.00875. The zero-order valence-corrected chi connectivity index (χ0v) is 22.8.